The second kappa shape index (κ2) is 11.5. The van der Waals surface area contributed by atoms with E-state index in [1.54, 1.807) is 43.4 Å². The van der Waals surface area contributed by atoms with Gasteiger partial charge < -0.3 is 14.6 Å². The van der Waals surface area contributed by atoms with Crippen LogP contribution in [0.2, 0.25) is 0 Å². The highest BCUT2D eigenvalue weighted by Crippen LogP contribution is 2.29. The van der Waals surface area contributed by atoms with Gasteiger partial charge in [0.2, 0.25) is 0 Å². The second-order valence-corrected chi connectivity index (χ2v) is 5.69. The maximum Gasteiger partial charge on any atom is 0.306 e. The number of rotatable bonds is 12. The predicted molar refractivity (Wildman–Crippen MR) is 104 cm³/mol. The molecule has 1 atom stereocenters. The number of benzene rings is 1. The molecule has 0 spiro atoms. The first-order chi connectivity index (χ1) is 13.0. The molecule has 1 N–H and O–H groups in total. The number of ether oxygens (including phenoxy) is 2. The van der Waals surface area contributed by atoms with Crippen molar-refractivity contribution in [3.05, 3.63) is 52.7 Å². The number of hydrogen-bond donors (Lipinski definition) is 1. The van der Waals surface area contributed by atoms with Gasteiger partial charge in [0, 0.05) is 0 Å². The van der Waals surface area contributed by atoms with Gasteiger partial charge in [-0.3, -0.25) is 4.79 Å². The van der Waals surface area contributed by atoms with E-state index >= 15 is 0 Å². The summed E-state index contributed by atoms with van der Waals surface area (Å²) in [5.74, 6) is -0.0945. The van der Waals surface area contributed by atoms with Crippen molar-refractivity contribution in [3.63, 3.8) is 0 Å². The molecule has 0 aliphatic carbocycles. The Balaban J connectivity index is 2.83. The minimum absolute atomic E-state index is 0.142. The Hall–Kier alpha value is -3.16. The Labute approximate surface area is 158 Å². The number of carbonyl (C=O) groups is 1. The fourth-order valence-electron chi connectivity index (χ4n) is 2.24. The van der Waals surface area contributed by atoms with Crippen LogP contribution in [-0.2, 0) is 11.2 Å². The second-order valence-electron chi connectivity index (χ2n) is 5.69. The van der Waals surface area contributed by atoms with Crippen molar-refractivity contribution in [3.8, 4) is 11.5 Å². The van der Waals surface area contributed by atoms with Gasteiger partial charge in [0.15, 0.2) is 17.3 Å². The first-order valence-corrected chi connectivity index (χ1v) is 8.39. The highest BCUT2D eigenvalue weighted by Gasteiger charge is 2.14. The first-order valence-electron chi connectivity index (χ1n) is 8.39. The van der Waals surface area contributed by atoms with Crippen LogP contribution in [0.15, 0.2) is 52.5 Å². The lowest BCUT2D eigenvalue weighted by atomic mass is 10.0. The summed E-state index contributed by atoms with van der Waals surface area (Å²) in [6.45, 7) is 7.20. The number of carboxylic acid groups (broad SMARTS) is 1. The maximum absolute atomic E-state index is 11.1. The van der Waals surface area contributed by atoms with E-state index in [0.29, 0.717) is 23.7 Å². The van der Waals surface area contributed by atoms with Gasteiger partial charge in [-0.05, 0) is 43.8 Å². The Morgan fingerprint density at radius 1 is 1.41 bits per heavy atom. The van der Waals surface area contributed by atoms with Crippen LogP contribution in [0.1, 0.15) is 19.4 Å². The van der Waals surface area contributed by atoms with Gasteiger partial charge in [0.05, 0.1) is 24.9 Å². The van der Waals surface area contributed by atoms with E-state index in [1.165, 1.54) is 7.11 Å². The zero-order chi connectivity index (χ0) is 20.2. The van der Waals surface area contributed by atoms with Crippen LogP contribution < -0.4 is 9.47 Å². The molecule has 0 fully saturated rings. The lowest BCUT2D eigenvalue weighted by Gasteiger charge is -2.17. The molecule has 146 valence electrons. The molecule has 8 heteroatoms. The standard InChI is InChI=1S/C19H25N3O5/c1-5-6-7-18(20-3)22(21-25)10-11-27-17-13-15(8-9-16(17)26-4)12-14(2)19(23)24/h5-9,13-14H,3,10-12H2,1-2,4H3,(H,23,24)/b6-5-,18-7+. The third-order valence-corrected chi connectivity index (χ3v) is 3.71. The van der Waals surface area contributed by atoms with Crippen LogP contribution >= 0.6 is 0 Å². The number of carboxylic acids is 1. The molecule has 0 aromatic heterocycles. The van der Waals surface area contributed by atoms with Crippen molar-refractivity contribution in [1.82, 2.24) is 5.01 Å². The SMILES string of the molecule is C=N/C(=C\C=C/C)N(CCOc1cc(CC(C)C(=O)O)ccc1OC)N=O. The molecular formula is C19H25N3O5. The molecule has 0 aliphatic heterocycles. The predicted octanol–water partition coefficient (Wildman–Crippen LogP) is 3.44. The van der Waals surface area contributed by atoms with E-state index < -0.39 is 11.9 Å². The number of nitrogens with zero attached hydrogens (tertiary/aromatic N) is 3. The summed E-state index contributed by atoms with van der Waals surface area (Å²) in [7, 11) is 1.51. The maximum atomic E-state index is 11.1. The van der Waals surface area contributed by atoms with E-state index in [-0.39, 0.29) is 13.2 Å². The van der Waals surface area contributed by atoms with Crippen molar-refractivity contribution in [2.45, 2.75) is 20.3 Å². The fraction of sp³-hybridized carbons (Fsp3) is 0.368. The van der Waals surface area contributed by atoms with Gasteiger partial charge in [0.1, 0.15) is 6.61 Å². The molecule has 8 nitrogen and oxygen atoms in total. The third-order valence-electron chi connectivity index (χ3n) is 3.71. The largest absolute Gasteiger partial charge is 0.493 e. The minimum atomic E-state index is -0.863. The lowest BCUT2D eigenvalue weighted by molar-refractivity contribution is -0.141. The van der Waals surface area contributed by atoms with E-state index in [2.05, 4.69) is 17.0 Å². The molecule has 0 aliphatic rings. The Morgan fingerprint density at radius 2 is 2.15 bits per heavy atom. The van der Waals surface area contributed by atoms with Crippen LogP contribution in [0.3, 0.4) is 0 Å². The molecule has 1 unspecified atom stereocenters. The molecule has 0 amide bonds. The minimum Gasteiger partial charge on any atom is -0.493 e. The van der Waals surface area contributed by atoms with E-state index in [4.69, 9.17) is 14.6 Å². The van der Waals surface area contributed by atoms with Gasteiger partial charge in [-0.15, -0.1) is 4.91 Å². The van der Waals surface area contributed by atoms with E-state index in [0.717, 1.165) is 10.6 Å². The number of aliphatic imine (C=N–C) groups is 1. The first kappa shape index (κ1) is 21.9. The molecule has 1 rings (SSSR count). The van der Waals surface area contributed by atoms with Crippen LogP contribution in [0.5, 0.6) is 11.5 Å². The zero-order valence-corrected chi connectivity index (χ0v) is 15.8. The van der Waals surface area contributed by atoms with Gasteiger partial charge in [0.25, 0.3) is 0 Å². The van der Waals surface area contributed by atoms with Crippen molar-refractivity contribution in [2.24, 2.45) is 16.2 Å². The highest BCUT2D eigenvalue weighted by atomic mass is 16.5. The number of allylic oxidation sites excluding steroid dienone is 3. The molecule has 0 saturated carbocycles. The van der Waals surface area contributed by atoms with E-state index in [1.807, 2.05) is 6.92 Å². The molecule has 1 aromatic rings. The molecule has 0 radical (unpaired) electrons. The zero-order valence-electron chi connectivity index (χ0n) is 15.8. The number of hydrogen-bond acceptors (Lipinski definition) is 6. The van der Waals surface area contributed by atoms with Crippen molar-refractivity contribution in [1.29, 1.82) is 0 Å². The van der Waals surface area contributed by atoms with Gasteiger partial charge in [-0.25, -0.2) is 10.0 Å². The van der Waals surface area contributed by atoms with E-state index in [9.17, 15) is 9.70 Å². The normalized spacial score (nSPS) is 12.5. The molecule has 1 aromatic carbocycles. The summed E-state index contributed by atoms with van der Waals surface area (Å²) in [5.41, 5.74) is 0.812. The Bertz CT molecular complexity index is 715. The number of aliphatic carboxylic acids is 1. The summed E-state index contributed by atoms with van der Waals surface area (Å²) in [5, 5.41) is 13.1. The average Bonchev–Trinajstić information content (AvgIpc) is 2.67. The van der Waals surface area contributed by atoms with Gasteiger partial charge in [-0.2, -0.15) is 0 Å². The fourth-order valence-corrected chi connectivity index (χ4v) is 2.24. The van der Waals surface area contributed by atoms with Crippen molar-refractivity contribution >= 4 is 12.7 Å². The average molecular weight is 375 g/mol. The molecule has 27 heavy (non-hydrogen) atoms. The monoisotopic (exact) mass is 375 g/mol. The summed E-state index contributed by atoms with van der Waals surface area (Å²) < 4.78 is 11.0. The van der Waals surface area contributed by atoms with Crippen LogP contribution in [0, 0.1) is 10.8 Å². The molecule has 0 bridgehead atoms. The quantitative estimate of drug-likeness (QED) is 0.260. The van der Waals surface area contributed by atoms with Crippen LogP contribution in [0.25, 0.3) is 0 Å². The topological polar surface area (TPSA) is 101 Å². The summed E-state index contributed by atoms with van der Waals surface area (Å²) >= 11 is 0. The Morgan fingerprint density at radius 3 is 2.70 bits per heavy atom. The number of methoxy groups -OCH3 is 1. The van der Waals surface area contributed by atoms with Gasteiger partial charge >= 0.3 is 5.97 Å². The summed E-state index contributed by atoms with van der Waals surface area (Å²) in [6.07, 6.45) is 5.50. The smallest absolute Gasteiger partial charge is 0.306 e. The third kappa shape index (κ3) is 6.93. The highest BCUT2D eigenvalue weighted by molar-refractivity contribution is 5.70. The molecule has 0 saturated heterocycles. The van der Waals surface area contributed by atoms with Crippen molar-refractivity contribution in [2.75, 3.05) is 20.3 Å². The van der Waals surface area contributed by atoms with Crippen LogP contribution in [-0.4, -0.2) is 43.1 Å². The summed E-state index contributed by atoms with van der Waals surface area (Å²) in [6, 6.07) is 5.25. The molecular weight excluding hydrogens is 350 g/mol. The summed E-state index contributed by atoms with van der Waals surface area (Å²) in [4.78, 5) is 25.9. The van der Waals surface area contributed by atoms with Crippen LogP contribution in [0.4, 0.5) is 0 Å². The van der Waals surface area contributed by atoms with Crippen molar-refractivity contribution < 1.29 is 19.4 Å². The molecule has 0 heterocycles. The number of nitroso groups, excluding NO2 is 1. The van der Waals surface area contributed by atoms with Gasteiger partial charge in [-0.1, -0.05) is 25.1 Å². The lowest BCUT2D eigenvalue weighted by Crippen LogP contribution is -2.22. The Kier molecular flexibility index (Phi) is 9.28.